The predicted octanol–water partition coefficient (Wildman–Crippen LogP) is 1.33. The van der Waals surface area contributed by atoms with Crippen molar-refractivity contribution in [2.45, 2.75) is 13.5 Å². The number of anilines is 1. The van der Waals surface area contributed by atoms with Crippen LogP contribution in [0.15, 0.2) is 30.5 Å². The second-order valence-electron chi connectivity index (χ2n) is 4.29. The third kappa shape index (κ3) is 2.90. The molecule has 0 saturated heterocycles. The number of carbonyl (C=O) groups excluding carboxylic acids is 1. The van der Waals surface area contributed by atoms with Gasteiger partial charge < -0.3 is 15.8 Å². The summed E-state index contributed by atoms with van der Waals surface area (Å²) in [6.07, 6.45) is 1.69. The quantitative estimate of drug-likeness (QED) is 0.806. The summed E-state index contributed by atoms with van der Waals surface area (Å²) < 4.78 is 7.16. The zero-order chi connectivity index (χ0) is 14.5. The molecule has 1 aromatic heterocycles. The molecule has 20 heavy (non-hydrogen) atoms. The number of para-hydroxylation sites is 1. The van der Waals surface area contributed by atoms with Gasteiger partial charge in [-0.3, -0.25) is 9.48 Å². The maximum Gasteiger partial charge on any atom is 0.255 e. The van der Waals surface area contributed by atoms with Crippen molar-refractivity contribution in [1.29, 1.82) is 0 Å². The van der Waals surface area contributed by atoms with Gasteiger partial charge in [0.2, 0.25) is 0 Å². The van der Waals surface area contributed by atoms with Gasteiger partial charge in [0.05, 0.1) is 30.1 Å². The zero-order valence-electron chi connectivity index (χ0n) is 11.6. The lowest BCUT2D eigenvalue weighted by Crippen LogP contribution is -2.25. The van der Waals surface area contributed by atoms with Gasteiger partial charge in [0, 0.05) is 13.2 Å². The van der Waals surface area contributed by atoms with Gasteiger partial charge in [-0.1, -0.05) is 6.07 Å². The molecule has 6 nitrogen and oxygen atoms in total. The second-order valence-corrected chi connectivity index (χ2v) is 4.29. The van der Waals surface area contributed by atoms with Gasteiger partial charge >= 0.3 is 0 Å². The van der Waals surface area contributed by atoms with Crippen LogP contribution in [0.25, 0.3) is 0 Å². The lowest BCUT2D eigenvalue weighted by Gasteiger charge is -2.12. The van der Waals surface area contributed by atoms with E-state index in [0.29, 0.717) is 30.2 Å². The molecule has 0 unspecified atom stereocenters. The van der Waals surface area contributed by atoms with E-state index in [0.717, 1.165) is 5.69 Å². The number of hydrogen-bond donors (Lipinski definition) is 2. The average Bonchev–Trinajstić information content (AvgIpc) is 2.84. The Morgan fingerprint density at radius 1 is 1.45 bits per heavy atom. The summed E-state index contributed by atoms with van der Waals surface area (Å²) in [5.41, 5.74) is 7.66. The van der Waals surface area contributed by atoms with Crippen molar-refractivity contribution < 1.29 is 9.53 Å². The molecule has 1 aromatic carbocycles. The van der Waals surface area contributed by atoms with Crippen LogP contribution in [0.1, 0.15) is 23.0 Å². The molecule has 0 aliphatic rings. The van der Waals surface area contributed by atoms with Gasteiger partial charge in [-0.25, -0.2) is 0 Å². The fourth-order valence-electron chi connectivity index (χ4n) is 1.88. The molecule has 6 heteroatoms. The van der Waals surface area contributed by atoms with E-state index in [2.05, 4.69) is 10.4 Å². The van der Waals surface area contributed by atoms with E-state index in [1.807, 2.05) is 20.0 Å². The van der Waals surface area contributed by atoms with Crippen molar-refractivity contribution in [3.63, 3.8) is 0 Å². The second kappa shape index (κ2) is 6.10. The number of nitrogen functional groups attached to an aromatic ring is 1. The molecule has 0 spiro atoms. The zero-order valence-corrected chi connectivity index (χ0v) is 11.6. The van der Waals surface area contributed by atoms with Gasteiger partial charge in [0.1, 0.15) is 0 Å². The van der Waals surface area contributed by atoms with Crippen molar-refractivity contribution in [2.75, 3.05) is 12.3 Å². The Kier molecular flexibility index (Phi) is 4.24. The highest BCUT2D eigenvalue weighted by atomic mass is 16.5. The number of nitrogens with zero attached hydrogens (tertiary/aromatic N) is 2. The van der Waals surface area contributed by atoms with E-state index >= 15 is 0 Å². The number of benzene rings is 1. The molecule has 0 aliphatic heterocycles. The number of nitrogens with one attached hydrogen (secondary N) is 1. The molecule has 3 N–H and O–H groups in total. The topological polar surface area (TPSA) is 82.2 Å². The van der Waals surface area contributed by atoms with E-state index in [1.165, 1.54) is 0 Å². The minimum absolute atomic E-state index is 0.220. The molecule has 0 aliphatic carbocycles. The number of aryl methyl sites for hydroxylation is 1. The summed E-state index contributed by atoms with van der Waals surface area (Å²) >= 11 is 0. The average molecular weight is 274 g/mol. The lowest BCUT2D eigenvalue weighted by molar-refractivity contribution is 0.0946. The predicted molar refractivity (Wildman–Crippen MR) is 76.4 cm³/mol. The standard InChI is InChI=1S/C14H18N4O2/c1-3-20-13-11(5-4-6-12(13)15)14(19)16-9-10-7-8-17-18(10)2/h4-8H,3,9,15H2,1-2H3,(H,16,19). The number of aromatic nitrogens is 2. The Morgan fingerprint density at radius 3 is 2.90 bits per heavy atom. The molecule has 1 heterocycles. The molecule has 0 fully saturated rings. The number of ether oxygens (including phenoxy) is 1. The van der Waals surface area contributed by atoms with Crippen LogP contribution in [0, 0.1) is 0 Å². The Bertz CT molecular complexity index is 607. The van der Waals surface area contributed by atoms with Crippen LogP contribution in [0.5, 0.6) is 5.75 Å². The summed E-state index contributed by atoms with van der Waals surface area (Å²) in [6, 6.07) is 6.99. The van der Waals surface area contributed by atoms with Crippen molar-refractivity contribution in [2.24, 2.45) is 7.05 Å². The van der Waals surface area contributed by atoms with Crippen LogP contribution in [0.3, 0.4) is 0 Å². The Balaban J connectivity index is 2.13. The fraction of sp³-hybridized carbons (Fsp3) is 0.286. The first-order chi connectivity index (χ1) is 9.63. The largest absolute Gasteiger partial charge is 0.491 e. The first kappa shape index (κ1) is 13.9. The number of hydrogen-bond acceptors (Lipinski definition) is 4. The van der Waals surface area contributed by atoms with E-state index < -0.39 is 0 Å². The van der Waals surface area contributed by atoms with Gasteiger partial charge in [-0.2, -0.15) is 5.10 Å². The number of rotatable bonds is 5. The first-order valence-corrected chi connectivity index (χ1v) is 6.39. The highest BCUT2D eigenvalue weighted by molar-refractivity contribution is 5.98. The van der Waals surface area contributed by atoms with Crippen LogP contribution in [-0.4, -0.2) is 22.3 Å². The Morgan fingerprint density at radius 2 is 2.25 bits per heavy atom. The van der Waals surface area contributed by atoms with Crippen LogP contribution < -0.4 is 15.8 Å². The number of carbonyl (C=O) groups is 1. The van der Waals surface area contributed by atoms with Gasteiger partial charge in [-0.05, 0) is 25.1 Å². The first-order valence-electron chi connectivity index (χ1n) is 6.39. The normalized spacial score (nSPS) is 10.3. The number of amides is 1. The van der Waals surface area contributed by atoms with Gasteiger partial charge in [0.25, 0.3) is 5.91 Å². The summed E-state index contributed by atoms with van der Waals surface area (Å²) in [7, 11) is 1.83. The SMILES string of the molecule is CCOc1c(N)cccc1C(=O)NCc1ccnn1C. The Hall–Kier alpha value is -2.50. The van der Waals surface area contributed by atoms with Gasteiger partial charge in [-0.15, -0.1) is 0 Å². The molecular formula is C14H18N4O2. The molecule has 0 atom stereocenters. The van der Waals surface area contributed by atoms with E-state index in [9.17, 15) is 4.79 Å². The van der Waals surface area contributed by atoms with Crippen molar-refractivity contribution in [3.8, 4) is 5.75 Å². The van der Waals surface area contributed by atoms with Crippen molar-refractivity contribution in [3.05, 3.63) is 41.7 Å². The molecule has 2 aromatic rings. The lowest BCUT2D eigenvalue weighted by atomic mass is 10.1. The van der Waals surface area contributed by atoms with E-state index in [4.69, 9.17) is 10.5 Å². The molecule has 2 rings (SSSR count). The third-order valence-electron chi connectivity index (χ3n) is 2.93. The van der Waals surface area contributed by atoms with Gasteiger partial charge in [0.15, 0.2) is 5.75 Å². The van der Waals surface area contributed by atoms with Crippen molar-refractivity contribution >= 4 is 11.6 Å². The summed E-state index contributed by atoms with van der Waals surface area (Å²) in [4.78, 5) is 12.2. The highest BCUT2D eigenvalue weighted by Gasteiger charge is 2.15. The minimum atomic E-state index is -0.220. The summed E-state index contributed by atoms with van der Waals surface area (Å²) in [6.45, 7) is 2.70. The molecule has 1 amide bonds. The highest BCUT2D eigenvalue weighted by Crippen LogP contribution is 2.26. The fourth-order valence-corrected chi connectivity index (χ4v) is 1.88. The maximum atomic E-state index is 12.2. The molecule has 106 valence electrons. The minimum Gasteiger partial charge on any atom is -0.491 e. The molecule has 0 radical (unpaired) electrons. The molecular weight excluding hydrogens is 256 g/mol. The van der Waals surface area contributed by atoms with Crippen LogP contribution in [0.2, 0.25) is 0 Å². The van der Waals surface area contributed by atoms with Crippen LogP contribution in [-0.2, 0) is 13.6 Å². The van der Waals surface area contributed by atoms with E-state index in [-0.39, 0.29) is 5.91 Å². The van der Waals surface area contributed by atoms with Crippen LogP contribution >= 0.6 is 0 Å². The third-order valence-corrected chi connectivity index (χ3v) is 2.93. The number of nitrogens with two attached hydrogens (primary N) is 1. The molecule has 0 saturated carbocycles. The Labute approximate surface area is 117 Å². The van der Waals surface area contributed by atoms with Crippen molar-refractivity contribution in [1.82, 2.24) is 15.1 Å². The molecule has 0 bridgehead atoms. The summed E-state index contributed by atoms with van der Waals surface area (Å²) in [5.74, 6) is 0.208. The van der Waals surface area contributed by atoms with Crippen LogP contribution in [0.4, 0.5) is 5.69 Å². The van der Waals surface area contributed by atoms with E-state index in [1.54, 1.807) is 29.1 Å². The monoisotopic (exact) mass is 274 g/mol. The smallest absolute Gasteiger partial charge is 0.255 e. The summed E-state index contributed by atoms with van der Waals surface area (Å²) in [5, 5.41) is 6.88. The maximum absolute atomic E-state index is 12.2.